The molecule has 3 aromatic rings. The van der Waals surface area contributed by atoms with E-state index >= 15 is 0 Å². The van der Waals surface area contributed by atoms with Crippen LogP contribution in [0.5, 0.6) is 5.75 Å². The molecule has 0 atom stereocenters. The van der Waals surface area contributed by atoms with Crippen LogP contribution in [0.2, 0.25) is 0 Å². The van der Waals surface area contributed by atoms with Crippen LogP contribution in [0.15, 0.2) is 53.1 Å². The minimum atomic E-state index is -0.462. The lowest BCUT2D eigenvalue weighted by atomic mass is 10.0. The molecule has 0 saturated carbocycles. The largest absolute Gasteiger partial charge is 0.494 e. The standard InChI is InChI=1S/C16H13FN2O2/c1-20-13-8-7-11(9-12(13)17)15-14(16(18)21-19-15)10-5-3-2-4-6-10/h2-9H,18H2,1H3. The molecule has 0 aliphatic rings. The van der Waals surface area contributed by atoms with Gasteiger partial charge in [0.1, 0.15) is 5.69 Å². The average Bonchev–Trinajstić information content (AvgIpc) is 2.90. The molecule has 4 nitrogen and oxygen atoms in total. The highest BCUT2D eigenvalue weighted by molar-refractivity contribution is 5.86. The van der Waals surface area contributed by atoms with Crippen LogP contribution in [0, 0.1) is 5.82 Å². The number of aromatic nitrogens is 1. The highest BCUT2D eigenvalue weighted by atomic mass is 19.1. The molecule has 5 heteroatoms. The Morgan fingerprint density at radius 1 is 1.10 bits per heavy atom. The van der Waals surface area contributed by atoms with E-state index in [0.717, 1.165) is 5.56 Å². The first-order valence-corrected chi connectivity index (χ1v) is 6.35. The SMILES string of the molecule is COc1ccc(-c2noc(N)c2-c2ccccc2)cc1F. The minimum absolute atomic E-state index is 0.177. The number of rotatable bonds is 3. The van der Waals surface area contributed by atoms with E-state index in [0.29, 0.717) is 16.8 Å². The number of hydrogen-bond acceptors (Lipinski definition) is 4. The summed E-state index contributed by atoms with van der Waals surface area (Å²) in [5.41, 5.74) is 8.45. The summed E-state index contributed by atoms with van der Waals surface area (Å²) in [5.74, 6) is -0.0838. The lowest BCUT2D eigenvalue weighted by molar-refractivity contribution is 0.386. The third-order valence-corrected chi connectivity index (χ3v) is 3.21. The van der Waals surface area contributed by atoms with Gasteiger partial charge in [0.15, 0.2) is 11.6 Å². The van der Waals surface area contributed by atoms with E-state index in [9.17, 15) is 4.39 Å². The van der Waals surface area contributed by atoms with E-state index in [1.165, 1.54) is 13.2 Å². The highest BCUT2D eigenvalue weighted by Gasteiger charge is 2.18. The van der Waals surface area contributed by atoms with E-state index in [1.807, 2.05) is 30.3 Å². The van der Waals surface area contributed by atoms with Crippen molar-refractivity contribution in [3.8, 4) is 28.1 Å². The molecule has 0 spiro atoms. The fourth-order valence-electron chi connectivity index (χ4n) is 2.20. The predicted molar refractivity (Wildman–Crippen MR) is 78.3 cm³/mol. The van der Waals surface area contributed by atoms with E-state index in [2.05, 4.69) is 5.16 Å². The zero-order valence-electron chi connectivity index (χ0n) is 11.3. The lowest BCUT2D eigenvalue weighted by Gasteiger charge is -2.05. The van der Waals surface area contributed by atoms with Gasteiger partial charge in [0.25, 0.3) is 0 Å². The number of nitrogens with zero attached hydrogens (tertiary/aromatic N) is 1. The molecule has 0 aliphatic carbocycles. The molecule has 0 bridgehead atoms. The van der Waals surface area contributed by atoms with Crippen molar-refractivity contribution in [1.29, 1.82) is 0 Å². The van der Waals surface area contributed by atoms with Gasteiger partial charge in [-0.2, -0.15) is 0 Å². The second-order valence-electron chi connectivity index (χ2n) is 4.49. The zero-order valence-corrected chi connectivity index (χ0v) is 11.3. The minimum Gasteiger partial charge on any atom is -0.494 e. The van der Waals surface area contributed by atoms with Gasteiger partial charge in [0.05, 0.1) is 12.7 Å². The normalized spacial score (nSPS) is 10.6. The van der Waals surface area contributed by atoms with Gasteiger partial charge in [-0.3, -0.25) is 0 Å². The molecule has 1 aromatic heterocycles. The lowest BCUT2D eigenvalue weighted by Crippen LogP contribution is -1.91. The van der Waals surface area contributed by atoms with Crippen molar-refractivity contribution in [1.82, 2.24) is 5.16 Å². The number of nitrogen functional groups attached to an aromatic ring is 1. The van der Waals surface area contributed by atoms with Crippen LogP contribution in [0.1, 0.15) is 0 Å². The summed E-state index contributed by atoms with van der Waals surface area (Å²) in [6.45, 7) is 0. The molecule has 0 amide bonds. The fraction of sp³-hybridized carbons (Fsp3) is 0.0625. The van der Waals surface area contributed by atoms with Gasteiger partial charge in [-0.05, 0) is 23.8 Å². The summed E-state index contributed by atoms with van der Waals surface area (Å²) in [5, 5.41) is 3.95. The summed E-state index contributed by atoms with van der Waals surface area (Å²) in [6, 6.07) is 14.1. The number of halogens is 1. The fourth-order valence-corrected chi connectivity index (χ4v) is 2.20. The monoisotopic (exact) mass is 284 g/mol. The van der Waals surface area contributed by atoms with Crippen LogP contribution in [0.3, 0.4) is 0 Å². The number of anilines is 1. The molecule has 0 radical (unpaired) electrons. The summed E-state index contributed by atoms with van der Waals surface area (Å²) in [6.07, 6.45) is 0. The van der Waals surface area contributed by atoms with Crippen LogP contribution in [0.25, 0.3) is 22.4 Å². The molecule has 21 heavy (non-hydrogen) atoms. The van der Waals surface area contributed by atoms with E-state index in [4.69, 9.17) is 15.0 Å². The first kappa shape index (κ1) is 13.2. The van der Waals surface area contributed by atoms with E-state index in [-0.39, 0.29) is 11.6 Å². The van der Waals surface area contributed by atoms with Crippen LogP contribution in [0.4, 0.5) is 10.3 Å². The second kappa shape index (κ2) is 5.28. The van der Waals surface area contributed by atoms with Crippen LogP contribution < -0.4 is 10.5 Å². The van der Waals surface area contributed by atoms with Gasteiger partial charge in [-0.25, -0.2) is 4.39 Å². The van der Waals surface area contributed by atoms with Gasteiger partial charge in [0, 0.05) is 5.56 Å². The molecular weight excluding hydrogens is 271 g/mol. The maximum absolute atomic E-state index is 13.9. The topological polar surface area (TPSA) is 61.3 Å². The molecule has 2 N–H and O–H groups in total. The Balaban J connectivity index is 2.14. The second-order valence-corrected chi connectivity index (χ2v) is 4.49. The van der Waals surface area contributed by atoms with Gasteiger partial charge >= 0.3 is 0 Å². The van der Waals surface area contributed by atoms with Gasteiger partial charge in [-0.15, -0.1) is 0 Å². The van der Waals surface area contributed by atoms with Crippen molar-refractivity contribution in [2.45, 2.75) is 0 Å². The molecule has 0 aliphatic heterocycles. The number of methoxy groups -OCH3 is 1. The molecule has 3 rings (SSSR count). The zero-order chi connectivity index (χ0) is 14.8. The van der Waals surface area contributed by atoms with Crippen molar-refractivity contribution in [3.05, 3.63) is 54.3 Å². The Morgan fingerprint density at radius 3 is 2.52 bits per heavy atom. The number of benzene rings is 2. The molecular formula is C16H13FN2O2. The Kier molecular flexibility index (Phi) is 3.31. The Hall–Kier alpha value is -2.82. The molecule has 1 heterocycles. The Labute approximate surface area is 120 Å². The third kappa shape index (κ3) is 2.33. The molecule has 2 aromatic carbocycles. The van der Waals surface area contributed by atoms with E-state index in [1.54, 1.807) is 12.1 Å². The maximum Gasteiger partial charge on any atom is 0.230 e. The Morgan fingerprint density at radius 2 is 1.86 bits per heavy atom. The van der Waals surface area contributed by atoms with Crippen LogP contribution in [-0.4, -0.2) is 12.3 Å². The van der Waals surface area contributed by atoms with Gasteiger partial charge in [-0.1, -0.05) is 35.5 Å². The quantitative estimate of drug-likeness (QED) is 0.796. The molecule has 0 unspecified atom stereocenters. The van der Waals surface area contributed by atoms with E-state index < -0.39 is 5.82 Å². The summed E-state index contributed by atoms with van der Waals surface area (Å²) in [7, 11) is 1.42. The first-order valence-electron chi connectivity index (χ1n) is 6.35. The maximum atomic E-state index is 13.9. The summed E-state index contributed by atoms with van der Waals surface area (Å²) < 4.78 is 23.8. The number of hydrogen-bond donors (Lipinski definition) is 1. The highest BCUT2D eigenvalue weighted by Crippen LogP contribution is 2.37. The van der Waals surface area contributed by atoms with Gasteiger partial charge < -0.3 is 15.0 Å². The number of nitrogens with two attached hydrogens (primary N) is 1. The summed E-state index contributed by atoms with van der Waals surface area (Å²) in [4.78, 5) is 0. The molecule has 106 valence electrons. The number of ether oxygens (including phenoxy) is 1. The smallest absolute Gasteiger partial charge is 0.230 e. The van der Waals surface area contributed by atoms with Crippen molar-refractivity contribution in [2.24, 2.45) is 0 Å². The van der Waals surface area contributed by atoms with Crippen molar-refractivity contribution >= 4 is 5.88 Å². The Bertz CT molecular complexity index is 769. The van der Waals surface area contributed by atoms with Gasteiger partial charge in [0.2, 0.25) is 5.88 Å². The van der Waals surface area contributed by atoms with Crippen LogP contribution >= 0.6 is 0 Å². The van der Waals surface area contributed by atoms with Crippen molar-refractivity contribution < 1.29 is 13.7 Å². The van der Waals surface area contributed by atoms with Crippen molar-refractivity contribution in [2.75, 3.05) is 12.8 Å². The summed E-state index contributed by atoms with van der Waals surface area (Å²) >= 11 is 0. The first-order chi connectivity index (χ1) is 10.2. The predicted octanol–water partition coefficient (Wildman–Crippen LogP) is 3.74. The molecule has 0 fully saturated rings. The average molecular weight is 284 g/mol. The van der Waals surface area contributed by atoms with Crippen LogP contribution in [-0.2, 0) is 0 Å². The van der Waals surface area contributed by atoms with Crippen molar-refractivity contribution in [3.63, 3.8) is 0 Å². The molecule has 0 saturated heterocycles. The third-order valence-electron chi connectivity index (χ3n) is 3.21.